The number of unbranched alkanes of at least 4 members (excludes halogenated alkanes) is 1. The number of rotatable bonds is 5. The van der Waals surface area contributed by atoms with Gasteiger partial charge in [-0.2, -0.15) is 0 Å². The third-order valence-electron chi connectivity index (χ3n) is 1.97. The smallest absolute Gasteiger partial charge is 0.0363 e. The highest BCUT2D eigenvalue weighted by molar-refractivity contribution is 5.95. The molecule has 18 heavy (non-hydrogen) atoms. The molecule has 106 valence electrons. The lowest BCUT2D eigenvalue weighted by atomic mass is 10.2. The van der Waals surface area contributed by atoms with E-state index in [1.807, 2.05) is 34.0 Å². The Labute approximate surface area is 115 Å². The number of hydrogen-bond donors (Lipinski definition) is 0. The second kappa shape index (κ2) is 21.2. The predicted molar refractivity (Wildman–Crippen MR) is 86.4 cm³/mol. The minimum Gasteiger partial charge on any atom is -0.309 e. The van der Waals surface area contributed by atoms with Crippen LogP contribution in [-0.4, -0.2) is 38.3 Å². The van der Waals surface area contributed by atoms with Crippen molar-refractivity contribution in [1.29, 1.82) is 0 Å². The van der Waals surface area contributed by atoms with Crippen molar-refractivity contribution in [3.05, 3.63) is 12.2 Å². The van der Waals surface area contributed by atoms with Crippen LogP contribution < -0.4 is 0 Å². The first-order valence-electron chi connectivity index (χ1n) is 6.85. The van der Waals surface area contributed by atoms with E-state index in [4.69, 9.17) is 6.42 Å². The second-order valence-electron chi connectivity index (χ2n) is 3.77. The first kappa shape index (κ1) is 22.1. The quantitative estimate of drug-likeness (QED) is 0.533. The van der Waals surface area contributed by atoms with Gasteiger partial charge >= 0.3 is 0 Å². The lowest BCUT2D eigenvalue weighted by Gasteiger charge is -2.08. The molecule has 0 N–H and O–H groups in total. The Hall–Kier alpha value is -1.07. The molecular formula is C16H32N2. The highest BCUT2D eigenvalue weighted by Crippen LogP contribution is 1.90. The van der Waals surface area contributed by atoms with Crippen LogP contribution in [0, 0.1) is 12.3 Å². The van der Waals surface area contributed by atoms with Crippen molar-refractivity contribution in [3.63, 3.8) is 0 Å². The lowest BCUT2D eigenvalue weighted by molar-refractivity contribution is 0.422. The van der Waals surface area contributed by atoms with Crippen LogP contribution >= 0.6 is 0 Å². The minimum absolute atomic E-state index is 0.946. The van der Waals surface area contributed by atoms with Crippen molar-refractivity contribution in [3.8, 4) is 12.3 Å². The highest BCUT2D eigenvalue weighted by Gasteiger charge is 1.94. The standard InChI is InChI=1S/C10H16N2.C4H10.C2H6/c1-5-6-7-10(11-2)8-9-12(3)4;1-3-4-2;1-2/h1,6-7H,8-9H2,2-4H3;3-4H2,1-2H3;1-2H3/b7-6-,11-10?;;. The van der Waals surface area contributed by atoms with Gasteiger partial charge in [0.1, 0.15) is 0 Å². The van der Waals surface area contributed by atoms with Crippen molar-refractivity contribution < 1.29 is 0 Å². The molecule has 0 unspecified atom stereocenters. The zero-order valence-electron chi connectivity index (χ0n) is 13.5. The molecule has 0 aromatic carbocycles. The van der Waals surface area contributed by atoms with E-state index < -0.39 is 0 Å². The molecule has 0 radical (unpaired) electrons. The van der Waals surface area contributed by atoms with Crippen molar-refractivity contribution in [2.75, 3.05) is 27.7 Å². The van der Waals surface area contributed by atoms with Gasteiger partial charge in [-0.1, -0.05) is 46.5 Å². The Morgan fingerprint density at radius 3 is 2.00 bits per heavy atom. The summed E-state index contributed by atoms with van der Waals surface area (Å²) in [5.41, 5.74) is 1.04. The summed E-state index contributed by atoms with van der Waals surface area (Å²) >= 11 is 0. The normalized spacial score (nSPS) is 10.3. The first-order chi connectivity index (χ1) is 8.62. The summed E-state index contributed by atoms with van der Waals surface area (Å²) in [7, 11) is 5.86. The van der Waals surface area contributed by atoms with Crippen LogP contribution in [-0.2, 0) is 0 Å². The van der Waals surface area contributed by atoms with Crippen LogP contribution in [0.4, 0.5) is 0 Å². The third kappa shape index (κ3) is 24.3. The summed E-state index contributed by atoms with van der Waals surface area (Å²) in [4.78, 5) is 6.23. The van der Waals surface area contributed by atoms with Crippen LogP contribution in [0.15, 0.2) is 17.1 Å². The summed E-state index contributed by atoms with van der Waals surface area (Å²) in [6.07, 6.45) is 12.2. The summed E-state index contributed by atoms with van der Waals surface area (Å²) in [5.74, 6) is 2.45. The molecule has 0 bridgehead atoms. The Balaban J connectivity index is -0.000000317. The molecule has 0 aliphatic heterocycles. The van der Waals surface area contributed by atoms with Crippen molar-refractivity contribution >= 4 is 5.71 Å². The van der Waals surface area contributed by atoms with Gasteiger partial charge in [-0.05, 0) is 26.2 Å². The molecular weight excluding hydrogens is 220 g/mol. The molecule has 0 rings (SSSR count). The van der Waals surface area contributed by atoms with E-state index in [1.54, 1.807) is 13.1 Å². The second-order valence-corrected chi connectivity index (χ2v) is 3.77. The fourth-order valence-corrected chi connectivity index (χ4v) is 0.752. The van der Waals surface area contributed by atoms with Gasteiger partial charge < -0.3 is 4.90 Å². The molecule has 0 saturated heterocycles. The van der Waals surface area contributed by atoms with Crippen LogP contribution in [0.5, 0.6) is 0 Å². The van der Waals surface area contributed by atoms with Crippen LogP contribution in [0.25, 0.3) is 0 Å². The van der Waals surface area contributed by atoms with Gasteiger partial charge in [0.25, 0.3) is 0 Å². The van der Waals surface area contributed by atoms with E-state index in [-0.39, 0.29) is 0 Å². The molecule has 0 heterocycles. The maximum atomic E-state index is 5.09. The molecule has 0 spiro atoms. The van der Waals surface area contributed by atoms with E-state index in [9.17, 15) is 0 Å². The molecule has 2 nitrogen and oxygen atoms in total. The maximum Gasteiger partial charge on any atom is 0.0363 e. The number of aliphatic imine (C=N–C) groups is 1. The molecule has 0 aliphatic rings. The lowest BCUT2D eigenvalue weighted by Crippen LogP contribution is -2.15. The Bertz CT molecular complexity index is 230. The number of allylic oxidation sites excluding steroid dienone is 2. The fourth-order valence-electron chi connectivity index (χ4n) is 0.752. The number of terminal acetylenes is 1. The molecule has 0 saturated carbocycles. The largest absolute Gasteiger partial charge is 0.309 e. The molecule has 2 heteroatoms. The molecule has 0 amide bonds. The Kier molecular flexibility index (Phi) is 26.1. The van der Waals surface area contributed by atoms with Crippen molar-refractivity contribution in [1.82, 2.24) is 4.90 Å². The van der Waals surface area contributed by atoms with Gasteiger partial charge in [0.05, 0.1) is 0 Å². The van der Waals surface area contributed by atoms with Gasteiger partial charge in [0.2, 0.25) is 0 Å². The monoisotopic (exact) mass is 252 g/mol. The average molecular weight is 252 g/mol. The van der Waals surface area contributed by atoms with Crippen LogP contribution in [0.1, 0.15) is 47.0 Å². The van der Waals surface area contributed by atoms with Crippen molar-refractivity contribution in [2.45, 2.75) is 47.0 Å². The molecule has 0 aromatic heterocycles. The number of nitrogens with zero attached hydrogens (tertiary/aromatic N) is 2. The van der Waals surface area contributed by atoms with E-state index >= 15 is 0 Å². The number of hydrogen-bond acceptors (Lipinski definition) is 2. The van der Waals surface area contributed by atoms with Gasteiger partial charge in [-0.25, -0.2) is 0 Å². The Morgan fingerprint density at radius 1 is 1.22 bits per heavy atom. The molecule has 0 fully saturated rings. The van der Waals surface area contributed by atoms with Crippen LogP contribution in [0.3, 0.4) is 0 Å². The average Bonchev–Trinajstić information content (AvgIpc) is 2.41. The highest BCUT2D eigenvalue weighted by atomic mass is 15.0. The summed E-state index contributed by atoms with van der Waals surface area (Å²) in [5, 5.41) is 0. The van der Waals surface area contributed by atoms with E-state index in [2.05, 4.69) is 29.7 Å². The zero-order valence-corrected chi connectivity index (χ0v) is 13.5. The van der Waals surface area contributed by atoms with Crippen molar-refractivity contribution in [2.24, 2.45) is 4.99 Å². The summed E-state index contributed by atoms with van der Waals surface area (Å²) in [6, 6.07) is 0. The van der Waals surface area contributed by atoms with Gasteiger partial charge in [-0.3, -0.25) is 4.99 Å². The van der Waals surface area contributed by atoms with E-state index in [0.717, 1.165) is 18.7 Å². The first-order valence-corrected chi connectivity index (χ1v) is 6.85. The van der Waals surface area contributed by atoms with Gasteiger partial charge in [0, 0.05) is 25.7 Å². The fraction of sp³-hybridized carbons (Fsp3) is 0.688. The summed E-state index contributed by atoms with van der Waals surface area (Å²) < 4.78 is 0. The van der Waals surface area contributed by atoms with E-state index in [0.29, 0.717) is 0 Å². The summed E-state index contributed by atoms with van der Waals surface area (Å²) in [6.45, 7) is 9.36. The predicted octanol–water partition coefficient (Wildman–Crippen LogP) is 4.03. The molecule has 0 aromatic rings. The van der Waals surface area contributed by atoms with Gasteiger partial charge in [0.15, 0.2) is 0 Å². The Morgan fingerprint density at radius 2 is 1.72 bits per heavy atom. The van der Waals surface area contributed by atoms with Crippen LogP contribution in [0.2, 0.25) is 0 Å². The van der Waals surface area contributed by atoms with E-state index in [1.165, 1.54) is 12.8 Å². The minimum atomic E-state index is 0.946. The SMILES string of the molecule is C#C/C=C\C(CCN(C)C)=NC.CC.CCCC. The molecule has 0 aliphatic carbocycles. The topological polar surface area (TPSA) is 15.6 Å². The third-order valence-corrected chi connectivity index (χ3v) is 1.97. The van der Waals surface area contributed by atoms with Gasteiger partial charge in [-0.15, -0.1) is 6.42 Å². The maximum absolute atomic E-state index is 5.09. The molecule has 0 atom stereocenters. The zero-order chi connectivity index (χ0) is 14.8.